The Balaban J connectivity index is 0.755. The van der Waals surface area contributed by atoms with Gasteiger partial charge in [0.1, 0.15) is 0 Å². The number of para-hydroxylation sites is 4. The summed E-state index contributed by atoms with van der Waals surface area (Å²) in [5, 5.41) is 6.93. The lowest BCUT2D eigenvalue weighted by Gasteiger charge is -2.29. The van der Waals surface area contributed by atoms with Gasteiger partial charge in [-0.3, -0.25) is 0 Å². The molecule has 0 unspecified atom stereocenters. The first-order valence-electron chi connectivity index (χ1n) is 36.9. The molecule has 0 saturated carbocycles. The zero-order valence-corrected chi connectivity index (χ0v) is 59.3. The molecule has 0 aliphatic heterocycles. The van der Waals surface area contributed by atoms with Crippen LogP contribution in [0.25, 0.3) is 99.5 Å². The van der Waals surface area contributed by atoms with Crippen LogP contribution in [0.2, 0.25) is 0 Å². The van der Waals surface area contributed by atoms with Crippen LogP contribution in [-0.4, -0.2) is 9.13 Å². The molecule has 0 radical (unpaired) electrons. The maximum atomic E-state index is 2.46. The Labute approximate surface area is 629 Å². The molecule has 6 heteroatoms. The Kier molecular flexibility index (Phi) is 16.9. The quantitative estimate of drug-likeness (QED) is 0.0854. The van der Waals surface area contributed by atoms with Gasteiger partial charge < -0.3 is 28.7 Å². The summed E-state index contributed by atoms with van der Waals surface area (Å²) in [7, 11) is 0. The second kappa shape index (κ2) is 28.3. The van der Waals surface area contributed by atoms with Crippen LogP contribution in [0.4, 0.5) is 68.2 Å². The minimum atomic E-state index is 1.04. The van der Waals surface area contributed by atoms with Crippen molar-refractivity contribution in [3.8, 4) is 56.1 Å². The van der Waals surface area contributed by atoms with Crippen molar-refractivity contribution in [2.75, 3.05) is 19.6 Å². The number of nitrogens with zero attached hydrogens (tertiary/aromatic N) is 6. The van der Waals surface area contributed by atoms with Crippen LogP contribution in [0.15, 0.2) is 437 Å². The summed E-state index contributed by atoms with van der Waals surface area (Å²) >= 11 is 0. The van der Waals surface area contributed by atoms with Crippen LogP contribution in [-0.2, 0) is 0 Å². The number of hydrogen-bond donors (Lipinski definition) is 0. The SMILES string of the molecule is c1ccc(-c2ccc(-c3cc4cc5c(cc(-c6ccc(-c7ccccc7)cc6)n5-c5ccc(N(c6ccc(N(c7ccccc7)c7ccccc7)cc6)c6cccc7ccccc67)cc5)cc4n3-c3ccc(N(c4ccc(N(c5ccccc5)c5ccccc5)cc4)c4cccc5ccccc45)cc3)cc2)cc1. The molecule has 0 aliphatic carbocycles. The van der Waals surface area contributed by atoms with Crippen molar-refractivity contribution in [3.05, 3.63) is 437 Å². The number of benzene rings is 17. The Morgan fingerprint density at radius 1 is 0.157 bits per heavy atom. The van der Waals surface area contributed by atoms with E-state index >= 15 is 0 Å². The Bertz CT molecular complexity index is 5860. The van der Waals surface area contributed by atoms with Crippen molar-refractivity contribution in [3.63, 3.8) is 0 Å². The van der Waals surface area contributed by atoms with Gasteiger partial charge in [0.15, 0.2) is 0 Å². The van der Waals surface area contributed by atoms with E-state index in [9.17, 15) is 0 Å². The Morgan fingerprint density at radius 2 is 0.398 bits per heavy atom. The molecule has 0 amide bonds. The lowest BCUT2D eigenvalue weighted by Crippen LogP contribution is -2.12. The van der Waals surface area contributed by atoms with Gasteiger partial charge in [0.25, 0.3) is 0 Å². The second-order valence-electron chi connectivity index (χ2n) is 27.3. The van der Waals surface area contributed by atoms with Gasteiger partial charge in [-0.25, -0.2) is 0 Å². The molecule has 0 aliphatic rings. The van der Waals surface area contributed by atoms with Crippen LogP contribution in [0, 0.1) is 0 Å². The van der Waals surface area contributed by atoms with Gasteiger partial charge in [0.05, 0.1) is 33.8 Å². The predicted octanol–water partition coefficient (Wildman–Crippen LogP) is 28.4. The van der Waals surface area contributed by atoms with E-state index in [1.807, 2.05) is 0 Å². The maximum Gasteiger partial charge on any atom is 0.0542 e. The molecule has 0 bridgehead atoms. The second-order valence-corrected chi connectivity index (χ2v) is 27.3. The normalized spacial score (nSPS) is 11.3. The fourth-order valence-corrected chi connectivity index (χ4v) is 15.7. The molecule has 2 heterocycles. The Morgan fingerprint density at radius 3 is 0.722 bits per heavy atom. The molecule has 0 N–H and O–H groups in total. The van der Waals surface area contributed by atoms with Crippen LogP contribution in [0.3, 0.4) is 0 Å². The zero-order chi connectivity index (χ0) is 71.7. The average molecular weight is 1380 g/mol. The summed E-state index contributed by atoms with van der Waals surface area (Å²) in [6.07, 6.45) is 0. The van der Waals surface area contributed by atoms with Gasteiger partial charge in [-0.2, -0.15) is 0 Å². The number of hydrogen-bond acceptors (Lipinski definition) is 4. The highest BCUT2D eigenvalue weighted by atomic mass is 15.2. The zero-order valence-electron chi connectivity index (χ0n) is 59.3. The van der Waals surface area contributed by atoms with Crippen LogP contribution in [0.5, 0.6) is 0 Å². The number of fused-ring (bicyclic) bond motifs is 4. The number of rotatable bonds is 18. The third kappa shape index (κ3) is 12.2. The van der Waals surface area contributed by atoms with Crippen molar-refractivity contribution in [2.45, 2.75) is 0 Å². The highest BCUT2D eigenvalue weighted by molar-refractivity contribution is 6.04. The van der Waals surface area contributed by atoms with Crippen LogP contribution >= 0.6 is 0 Å². The van der Waals surface area contributed by atoms with E-state index in [1.165, 1.54) is 43.8 Å². The Hall–Kier alpha value is -14.5. The molecule has 19 aromatic rings. The summed E-state index contributed by atoms with van der Waals surface area (Å²) in [5.41, 5.74) is 26.3. The minimum absolute atomic E-state index is 1.04. The maximum absolute atomic E-state index is 2.46. The molecule has 0 atom stereocenters. The first-order chi connectivity index (χ1) is 53.6. The molecule has 0 spiro atoms. The monoisotopic (exact) mass is 1380 g/mol. The van der Waals surface area contributed by atoms with Gasteiger partial charge >= 0.3 is 0 Å². The molecule has 2 aromatic heterocycles. The topological polar surface area (TPSA) is 22.8 Å². The molecule has 0 saturated heterocycles. The highest BCUT2D eigenvalue weighted by Crippen LogP contribution is 2.47. The fourth-order valence-electron chi connectivity index (χ4n) is 15.7. The standard InChI is InChI=1S/C102H72N6/c1-7-25-73(26-8-1)75-45-49-79(50-46-75)99-69-81-71-102-82(72-101(81)107(99)93-65-61-91(62-66-93)105(97-43-23-31-77-29-19-21-41-95(77)97)89-57-53-87(54-58-89)103(83-33-11-3-12-34-83)84-35-13-4-14-36-84)70-100(80-51-47-76(48-52-80)74-27-9-2-10-28-74)108(102)94-67-63-92(64-68-94)106(98-44-24-32-78-30-20-22-42-96(78)98)90-59-55-88(56-60-90)104(85-37-15-5-16-38-85)86-39-17-6-18-40-86/h1-72H. The molecule has 108 heavy (non-hydrogen) atoms. The average Bonchev–Trinajstić information content (AvgIpc) is 1.56. The smallest absolute Gasteiger partial charge is 0.0542 e. The van der Waals surface area contributed by atoms with E-state index in [1.54, 1.807) is 0 Å². The largest absolute Gasteiger partial charge is 0.311 e. The van der Waals surface area contributed by atoms with Gasteiger partial charge in [-0.1, -0.05) is 255 Å². The summed E-state index contributed by atoms with van der Waals surface area (Å²) in [5.74, 6) is 0. The number of anilines is 12. The van der Waals surface area contributed by atoms with Crippen molar-refractivity contribution in [1.82, 2.24) is 9.13 Å². The molecule has 17 aromatic carbocycles. The summed E-state index contributed by atoms with van der Waals surface area (Å²) < 4.78 is 4.93. The van der Waals surface area contributed by atoms with Gasteiger partial charge in [0.2, 0.25) is 0 Å². The van der Waals surface area contributed by atoms with Crippen molar-refractivity contribution < 1.29 is 0 Å². The first kappa shape index (κ1) is 64.4. The first-order valence-corrected chi connectivity index (χ1v) is 36.9. The fraction of sp³-hybridized carbons (Fsp3) is 0. The van der Waals surface area contributed by atoms with E-state index in [0.717, 1.165) is 124 Å². The molecular formula is C102H72N6. The molecular weight excluding hydrogens is 1310 g/mol. The van der Waals surface area contributed by atoms with Crippen molar-refractivity contribution in [2.24, 2.45) is 0 Å². The van der Waals surface area contributed by atoms with Gasteiger partial charge in [0, 0.05) is 89.8 Å². The van der Waals surface area contributed by atoms with Gasteiger partial charge in [-0.15, -0.1) is 0 Å². The van der Waals surface area contributed by atoms with E-state index in [4.69, 9.17) is 0 Å². The third-order valence-corrected chi connectivity index (χ3v) is 20.8. The van der Waals surface area contributed by atoms with E-state index in [2.05, 4.69) is 466 Å². The molecule has 0 fully saturated rings. The lowest BCUT2D eigenvalue weighted by atomic mass is 10.0. The van der Waals surface area contributed by atoms with E-state index in [-0.39, 0.29) is 0 Å². The lowest BCUT2D eigenvalue weighted by molar-refractivity contribution is 1.13. The van der Waals surface area contributed by atoms with E-state index < -0.39 is 0 Å². The van der Waals surface area contributed by atoms with Crippen LogP contribution in [0.1, 0.15) is 0 Å². The minimum Gasteiger partial charge on any atom is -0.311 e. The number of aromatic nitrogens is 2. The third-order valence-electron chi connectivity index (χ3n) is 20.8. The summed E-state index contributed by atoms with van der Waals surface area (Å²) in [6.45, 7) is 0. The molecule has 19 rings (SSSR count). The van der Waals surface area contributed by atoms with Crippen molar-refractivity contribution >= 4 is 112 Å². The molecule has 510 valence electrons. The predicted molar refractivity (Wildman–Crippen MR) is 456 cm³/mol. The summed E-state index contributed by atoms with van der Waals surface area (Å²) in [6, 6.07) is 158. The highest BCUT2D eigenvalue weighted by Gasteiger charge is 2.24. The van der Waals surface area contributed by atoms with E-state index in [0.29, 0.717) is 0 Å². The molecule has 6 nitrogen and oxygen atoms in total. The van der Waals surface area contributed by atoms with Crippen LogP contribution < -0.4 is 19.6 Å². The summed E-state index contributed by atoms with van der Waals surface area (Å²) in [4.78, 5) is 9.43. The van der Waals surface area contributed by atoms with Crippen molar-refractivity contribution in [1.29, 1.82) is 0 Å². The van der Waals surface area contributed by atoms with Gasteiger partial charge in [-0.05, 0) is 226 Å².